The Hall–Kier alpha value is -2.75. The molecule has 2 atom stereocenters. The highest BCUT2D eigenvalue weighted by Gasteiger charge is 2.45. The van der Waals surface area contributed by atoms with E-state index in [2.05, 4.69) is 20.4 Å². The van der Waals surface area contributed by atoms with Gasteiger partial charge in [0.1, 0.15) is 0 Å². The quantitative estimate of drug-likeness (QED) is 0.531. The number of nitrogens with zero attached hydrogens (tertiary/aromatic N) is 3. The van der Waals surface area contributed by atoms with E-state index < -0.39 is 23.8 Å². The second kappa shape index (κ2) is 6.38. The average molecular weight is 406 g/mol. The first-order valence-corrected chi connectivity index (χ1v) is 9.69. The lowest BCUT2D eigenvalue weighted by molar-refractivity contribution is -0.0555. The number of nitrogens with one attached hydrogen (secondary N) is 2. The van der Waals surface area contributed by atoms with Crippen molar-refractivity contribution in [3.05, 3.63) is 24.4 Å². The van der Waals surface area contributed by atoms with Crippen molar-refractivity contribution in [3.63, 3.8) is 0 Å². The van der Waals surface area contributed by atoms with Crippen LogP contribution < -0.4 is 11.1 Å². The zero-order valence-electron chi connectivity index (χ0n) is 15.5. The van der Waals surface area contributed by atoms with Crippen LogP contribution >= 0.6 is 0 Å². The first kappa shape index (κ1) is 18.3. The van der Waals surface area contributed by atoms with Crippen LogP contribution in [0.15, 0.2) is 18.6 Å². The van der Waals surface area contributed by atoms with Gasteiger partial charge in [0.15, 0.2) is 17.5 Å². The highest BCUT2D eigenvalue weighted by Crippen LogP contribution is 2.40. The molecular weight excluding hydrogens is 385 g/mol. The van der Waals surface area contributed by atoms with Crippen LogP contribution in [0.5, 0.6) is 5.88 Å². The van der Waals surface area contributed by atoms with E-state index in [-0.39, 0.29) is 35.3 Å². The molecule has 5 rings (SSSR count). The van der Waals surface area contributed by atoms with Gasteiger partial charge in [0.05, 0.1) is 29.4 Å². The number of halogens is 3. The highest BCUT2D eigenvalue weighted by atomic mass is 19.3. The number of aromatic hydroxyl groups is 1. The number of H-pyrrole nitrogens is 1. The maximum absolute atomic E-state index is 15.1. The average Bonchev–Trinajstić information content (AvgIpc) is 3.28. The molecule has 10 heteroatoms. The normalized spacial score (nSPS) is 24.1. The summed E-state index contributed by atoms with van der Waals surface area (Å²) in [6.07, 6.45) is 7.22. The Bertz CT molecular complexity index is 1070. The van der Waals surface area contributed by atoms with Gasteiger partial charge in [0, 0.05) is 35.8 Å². The van der Waals surface area contributed by atoms with E-state index in [1.165, 1.54) is 6.20 Å². The van der Waals surface area contributed by atoms with Crippen molar-refractivity contribution in [2.75, 3.05) is 5.32 Å². The van der Waals surface area contributed by atoms with Crippen LogP contribution in [0, 0.1) is 5.82 Å². The van der Waals surface area contributed by atoms with Crippen LogP contribution in [0.3, 0.4) is 0 Å². The van der Waals surface area contributed by atoms with Gasteiger partial charge in [-0.3, -0.25) is 4.68 Å². The van der Waals surface area contributed by atoms with E-state index in [1.807, 2.05) is 4.68 Å². The first-order valence-electron chi connectivity index (χ1n) is 9.69. The molecule has 3 heterocycles. The minimum absolute atomic E-state index is 0.116. The minimum atomic E-state index is -3.02. The zero-order valence-corrected chi connectivity index (χ0v) is 15.5. The molecule has 5 N–H and O–H groups in total. The van der Waals surface area contributed by atoms with Gasteiger partial charge in [0.25, 0.3) is 5.92 Å². The lowest BCUT2D eigenvalue weighted by Crippen LogP contribution is -2.55. The summed E-state index contributed by atoms with van der Waals surface area (Å²) in [6.45, 7) is 0. The summed E-state index contributed by atoms with van der Waals surface area (Å²) >= 11 is 0. The Kier molecular flexibility index (Phi) is 4.02. The highest BCUT2D eigenvalue weighted by molar-refractivity contribution is 6.00. The third kappa shape index (κ3) is 3.02. The summed E-state index contributed by atoms with van der Waals surface area (Å²) in [5.74, 6) is -4.12. The van der Waals surface area contributed by atoms with E-state index in [1.54, 1.807) is 12.4 Å². The molecule has 2 aliphatic carbocycles. The van der Waals surface area contributed by atoms with Gasteiger partial charge in [0.2, 0.25) is 0 Å². The molecular formula is C19H21F3N6O. The molecule has 0 aliphatic heterocycles. The molecule has 0 radical (unpaired) electrons. The molecule has 3 aromatic rings. The standard InChI is InChI=1S/C19H21F3N6O/c20-14-11-7-24-18(29)13(11)15(9-6-25-28(8-9)10-3-4-10)27-17(14)26-12-2-1-5-19(21,22)16(12)23/h6-8,10,12,16,24,26,29H,1-5,23H2/t12?,16-/m1/s1. The van der Waals surface area contributed by atoms with Crippen LogP contribution in [-0.4, -0.2) is 42.9 Å². The second-order valence-electron chi connectivity index (χ2n) is 7.92. The van der Waals surface area contributed by atoms with E-state index >= 15 is 4.39 Å². The lowest BCUT2D eigenvalue weighted by Gasteiger charge is -2.36. The van der Waals surface area contributed by atoms with Crippen molar-refractivity contribution in [1.82, 2.24) is 19.7 Å². The van der Waals surface area contributed by atoms with E-state index in [9.17, 15) is 13.9 Å². The van der Waals surface area contributed by atoms with Crippen molar-refractivity contribution >= 4 is 16.6 Å². The zero-order chi connectivity index (χ0) is 20.3. The van der Waals surface area contributed by atoms with Gasteiger partial charge in [-0.15, -0.1) is 0 Å². The van der Waals surface area contributed by atoms with Crippen molar-refractivity contribution in [3.8, 4) is 17.1 Å². The summed E-state index contributed by atoms with van der Waals surface area (Å²) in [5.41, 5.74) is 6.68. The van der Waals surface area contributed by atoms with Gasteiger partial charge in [-0.2, -0.15) is 5.10 Å². The van der Waals surface area contributed by atoms with Gasteiger partial charge in [-0.1, -0.05) is 0 Å². The molecule has 0 spiro atoms. The molecule has 0 aromatic carbocycles. The molecule has 0 amide bonds. The summed E-state index contributed by atoms with van der Waals surface area (Å²) in [5, 5.41) is 17.7. The van der Waals surface area contributed by atoms with E-state index in [4.69, 9.17) is 5.73 Å². The molecule has 2 saturated carbocycles. The molecule has 0 saturated heterocycles. The topological polar surface area (TPSA) is 105 Å². The Morgan fingerprint density at radius 1 is 1.31 bits per heavy atom. The summed E-state index contributed by atoms with van der Waals surface area (Å²) < 4.78 is 44.9. The van der Waals surface area contributed by atoms with Crippen LogP contribution in [-0.2, 0) is 0 Å². The summed E-state index contributed by atoms with van der Waals surface area (Å²) in [6, 6.07) is -1.90. The van der Waals surface area contributed by atoms with Crippen LogP contribution in [0.2, 0.25) is 0 Å². The maximum Gasteiger partial charge on any atom is 0.264 e. The number of alkyl halides is 2. The maximum atomic E-state index is 15.1. The number of aromatic nitrogens is 4. The predicted molar refractivity (Wildman–Crippen MR) is 101 cm³/mol. The Morgan fingerprint density at radius 3 is 2.86 bits per heavy atom. The van der Waals surface area contributed by atoms with Crippen LogP contribution in [0.4, 0.5) is 19.0 Å². The monoisotopic (exact) mass is 406 g/mol. The summed E-state index contributed by atoms with van der Waals surface area (Å²) in [4.78, 5) is 6.95. The van der Waals surface area contributed by atoms with E-state index in [0.29, 0.717) is 23.7 Å². The Balaban J connectivity index is 1.58. The first-order chi connectivity index (χ1) is 13.8. The van der Waals surface area contributed by atoms with Crippen molar-refractivity contribution < 1.29 is 18.3 Å². The second-order valence-corrected chi connectivity index (χ2v) is 7.92. The molecule has 1 unspecified atom stereocenters. The number of aromatic amines is 1. The molecule has 2 fully saturated rings. The SMILES string of the molecule is N[C@@H]1C(Nc2nc(-c3cnn(C4CC4)c3)c3c(O)[nH]cc3c2F)CCCC1(F)F. The number of pyridine rings is 1. The van der Waals surface area contributed by atoms with Crippen LogP contribution in [0.25, 0.3) is 22.0 Å². The van der Waals surface area contributed by atoms with Gasteiger partial charge in [-0.25, -0.2) is 18.2 Å². The van der Waals surface area contributed by atoms with Crippen molar-refractivity contribution in [1.29, 1.82) is 0 Å². The van der Waals surface area contributed by atoms with E-state index in [0.717, 1.165) is 12.8 Å². The number of hydrogen-bond acceptors (Lipinski definition) is 5. The lowest BCUT2D eigenvalue weighted by atomic mass is 9.87. The van der Waals surface area contributed by atoms with Crippen molar-refractivity contribution in [2.45, 2.75) is 56.2 Å². The molecule has 7 nitrogen and oxygen atoms in total. The minimum Gasteiger partial charge on any atom is -0.494 e. The Labute approximate surface area is 164 Å². The number of nitrogens with two attached hydrogens (primary N) is 1. The van der Waals surface area contributed by atoms with Gasteiger partial charge >= 0.3 is 0 Å². The third-order valence-corrected chi connectivity index (χ3v) is 5.83. The largest absolute Gasteiger partial charge is 0.494 e. The molecule has 29 heavy (non-hydrogen) atoms. The number of hydrogen-bond donors (Lipinski definition) is 4. The van der Waals surface area contributed by atoms with Gasteiger partial charge in [-0.05, 0) is 25.7 Å². The smallest absolute Gasteiger partial charge is 0.264 e. The number of rotatable bonds is 4. The molecule has 2 aliphatic rings. The molecule has 154 valence electrons. The third-order valence-electron chi connectivity index (χ3n) is 5.83. The fraction of sp³-hybridized carbons (Fsp3) is 0.474. The van der Waals surface area contributed by atoms with Gasteiger partial charge < -0.3 is 21.1 Å². The molecule has 0 bridgehead atoms. The predicted octanol–water partition coefficient (Wildman–Crippen LogP) is 3.53. The fourth-order valence-electron chi connectivity index (χ4n) is 4.01. The summed E-state index contributed by atoms with van der Waals surface area (Å²) in [7, 11) is 0. The molecule has 3 aromatic heterocycles. The number of fused-ring (bicyclic) bond motifs is 1. The Morgan fingerprint density at radius 2 is 2.10 bits per heavy atom. The fourth-order valence-corrected chi connectivity index (χ4v) is 4.01. The number of anilines is 1. The van der Waals surface area contributed by atoms with Crippen LogP contribution in [0.1, 0.15) is 38.1 Å². The van der Waals surface area contributed by atoms with Crippen molar-refractivity contribution in [2.24, 2.45) is 5.73 Å².